The van der Waals surface area contributed by atoms with Crippen LogP contribution in [0.25, 0.3) is 0 Å². The Morgan fingerprint density at radius 1 is 1.00 bits per heavy atom. The molecule has 2 aromatic rings. The molecule has 2 unspecified atom stereocenters. The molecule has 0 saturated heterocycles. The second-order valence-corrected chi connectivity index (χ2v) is 9.03. The number of ether oxygens (including phenoxy) is 2. The van der Waals surface area contributed by atoms with Crippen molar-refractivity contribution in [1.82, 2.24) is 9.97 Å². The van der Waals surface area contributed by atoms with Gasteiger partial charge in [0.1, 0.15) is 5.75 Å². The molecule has 0 spiro atoms. The van der Waals surface area contributed by atoms with E-state index in [4.69, 9.17) is 9.47 Å². The molecule has 5 nitrogen and oxygen atoms in total. The lowest BCUT2D eigenvalue weighted by Gasteiger charge is -2.50. The summed E-state index contributed by atoms with van der Waals surface area (Å²) < 4.78 is 10.8. The molecule has 5 heteroatoms. The lowest BCUT2D eigenvalue weighted by atomic mass is 9.54. The quantitative estimate of drug-likeness (QED) is 0.622. The van der Waals surface area contributed by atoms with Crippen LogP contribution in [-0.2, 0) is 10.2 Å². The van der Waals surface area contributed by atoms with Gasteiger partial charge >= 0.3 is 5.97 Å². The molecule has 2 fully saturated rings. The third-order valence-electron chi connectivity index (χ3n) is 6.42. The second kappa shape index (κ2) is 8.13. The molecule has 2 aliphatic carbocycles. The van der Waals surface area contributed by atoms with Crippen LogP contribution in [0.1, 0.15) is 69.1 Å². The minimum atomic E-state index is -0.524. The highest BCUT2D eigenvalue weighted by atomic mass is 16.5. The van der Waals surface area contributed by atoms with Crippen LogP contribution >= 0.6 is 0 Å². The Labute approximate surface area is 172 Å². The van der Waals surface area contributed by atoms with E-state index in [2.05, 4.69) is 35.9 Å². The predicted molar refractivity (Wildman–Crippen MR) is 111 cm³/mol. The summed E-state index contributed by atoms with van der Waals surface area (Å²) in [6.07, 6.45) is 9.67. The first-order chi connectivity index (χ1) is 14.0. The molecular weight excluding hydrogens is 364 g/mol. The van der Waals surface area contributed by atoms with Gasteiger partial charge in [0.15, 0.2) is 5.75 Å². The Morgan fingerprint density at radius 3 is 2.21 bits per heavy atom. The van der Waals surface area contributed by atoms with Crippen molar-refractivity contribution in [3.8, 4) is 11.5 Å². The Morgan fingerprint density at radius 2 is 1.62 bits per heavy atom. The SMILES string of the molecule is CCOC(=O)c1ncc(Oc2ccc(C34CC(C)CC(CC(C)C3)C4)cc2)cn1. The minimum absolute atomic E-state index is 0.0426. The summed E-state index contributed by atoms with van der Waals surface area (Å²) >= 11 is 0. The maximum atomic E-state index is 11.6. The Balaban J connectivity index is 1.47. The number of aromatic nitrogens is 2. The van der Waals surface area contributed by atoms with Gasteiger partial charge in [-0.2, -0.15) is 0 Å². The van der Waals surface area contributed by atoms with Gasteiger partial charge in [-0.1, -0.05) is 26.0 Å². The van der Waals surface area contributed by atoms with Gasteiger partial charge in [-0.25, -0.2) is 14.8 Å². The monoisotopic (exact) mass is 394 g/mol. The van der Waals surface area contributed by atoms with Crippen molar-refractivity contribution in [1.29, 1.82) is 0 Å². The fourth-order valence-electron chi connectivity index (χ4n) is 5.74. The fraction of sp³-hybridized carbons (Fsp3) is 0.542. The zero-order valence-corrected chi connectivity index (χ0v) is 17.6. The van der Waals surface area contributed by atoms with E-state index in [0.717, 1.165) is 23.5 Å². The molecule has 2 saturated carbocycles. The van der Waals surface area contributed by atoms with Gasteiger partial charge in [-0.3, -0.25) is 0 Å². The number of nitrogens with zero attached hydrogens (tertiary/aromatic N) is 2. The average Bonchev–Trinajstić information content (AvgIpc) is 2.68. The molecule has 0 amide bonds. The molecule has 2 aliphatic rings. The lowest BCUT2D eigenvalue weighted by molar-refractivity contribution is 0.0511. The summed E-state index contributed by atoms with van der Waals surface area (Å²) in [5.74, 6) is 3.24. The van der Waals surface area contributed by atoms with E-state index >= 15 is 0 Å². The van der Waals surface area contributed by atoms with Crippen LogP contribution in [0.4, 0.5) is 0 Å². The minimum Gasteiger partial charge on any atom is -0.460 e. The molecule has 4 rings (SSSR count). The van der Waals surface area contributed by atoms with Crippen LogP contribution in [0.5, 0.6) is 11.5 Å². The zero-order chi connectivity index (χ0) is 20.4. The molecule has 154 valence electrons. The topological polar surface area (TPSA) is 61.3 Å². The van der Waals surface area contributed by atoms with E-state index < -0.39 is 5.97 Å². The Kier molecular flexibility index (Phi) is 5.57. The van der Waals surface area contributed by atoms with Crippen molar-refractivity contribution in [2.24, 2.45) is 17.8 Å². The molecule has 29 heavy (non-hydrogen) atoms. The smallest absolute Gasteiger partial charge is 0.376 e. The Bertz CT molecular complexity index is 828. The first kappa shape index (κ1) is 19.9. The summed E-state index contributed by atoms with van der Waals surface area (Å²) in [5.41, 5.74) is 1.77. The molecule has 1 aromatic carbocycles. The van der Waals surface area contributed by atoms with Crippen LogP contribution in [0, 0.1) is 17.8 Å². The molecule has 2 bridgehead atoms. The van der Waals surface area contributed by atoms with Gasteiger partial charge < -0.3 is 9.47 Å². The summed E-state index contributed by atoms with van der Waals surface area (Å²) in [6.45, 7) is 6.87. The van der Waals surface area contributed by atoms with Crippen LogP contribution < -0.4 is 4.74 Å². The summed E-state index contributed by atoms with van der Waals surface area (Å²) in [4.78, 5) is 19.7. The number of esters is 1. The number of hydrogen-bond acceptors (Lipinski definition) is 5. The predicted octanol–water partition coefficient (Wildman–Crippen LogP) is 5.55. The zero-order valence-electron chi connectivity index (χ0n) is 17.6. The summed E-state index contributed by atoms with van der Waals surface area (Å²) in [5, 5.41) is 0. The highest BCUT2D eigenvalue weighted by molar-refractivity contribution is 5.84. The number of carbonyl (C=O) groups is 1. The van der Waals surface area contributed by atoms with E-state index in [1.165, 1.54) is 50.1 Å². The van der Waals surface area contributed by atoms with E-state index in [1.807, 2.05) is 12.1 Å². The maximum Gasteiger partial charge on any atom is 0.376 e. The standard InChI is InChI=1S/C24H30N2O3/c1-4-28-23(27)22-25-14-21(15-26-22)29-20-7-5-19(6-8-20)24-11-16(2)9-18(13-24)10-17(3)12-24/h5-8,14-18H,4,9-13H2,1-3H3. The van der Waals surface area contributed by atoms with Gasteiger partial charge in [-0.15, -0.1) is 0 Å². The highest BCUT2D eigenvalue weighted by Crippen LogP contribution is 2.54. The van der Waals surface area contributed by atoms with Gasteiger partial charge in [0, 0.05) is 0 Å². The first-order valence-corrected chi connectivity index (χ1v) is 10.7. The van der Waals surface area contributed by atoms with E-state index in [-0.39, 0.29) is 5.82 Å². The average molecular weight is 395 g/mol. The van der Waals surface area contributed by atoms with E-state index in [1.54, 1.807) is 6.92 Å². The molecule has 1 aromatic heterocycles. The number of fused-ring (bicyclic) bond motifs is 2. The van der Waals surface area contributed by atoms with Crippen molar-refractivity contribution in [3.05, 3.63) is 48.0 Å². The van der Waals surface area contributed by atoms with E-state index in [0.29, 0.717) is 17.8 Å². The van der Waals surface area contributed by atoms with Crippen molar-refractivity contribution < 1.29 is 14.3 Å². The van der Waals surface area contributed by atoms with Gasteiger partial charge in [0.05, 0.1) is 19.0 Å². The summed E-state index contributed by atoms with van der Waals surface area (Å²) in [6, 6.07) is 8.54. The second-order valence-electron chi connectivity index (χ2n) is 9.03. The Hall–Kier alpha value is -2.43. The molecule has 2 atom stereocenters. The maximum absolute atomic E-state index is 11.6. The van der Waals surface area contributed by atoms with Gasteiger partial charge in [-0.05, 0) is 79.9 Å². The molecule has 1 heterocycles. The van der Waals surface area contributed by atoms with Crippen molar-refractivity contribution in [3.63, 3.8) is 0 Å². The number of benzene rings is 1. The van der Waals surface area contributed by atoms with E-state index in [9.17, 15) is 4.79 Å². The van der Waals surface area contributed by atoms with Crippen molar-refractivity contribution in [2.45, 2.75) is 58.3 Å². The molecular formula is C24H30N2O3. The molecule has 0 radical (unpaired) electrons. The van der Waals surface area contributed by atoms with Crippen LogP contribution in [0.15, 0.2) is 36.7 Å². The van der Waals surface area contributed by atoms with Crippen LogP contribution in [0.2, 0.25) is 0 Å². The largest absolute Gasteiger partial charge is 0.460 e. The third kappa shape index (κ3) is 4.29. The lowest BCUT2D eigenvalue weighted by Crippen LogP contribution is -2.42. The number of rotatable bonds is 5. The molecule has 0 N–H and O–H groups in total. The van der Waals surface area contributed by atoms with Gasteiger partial charge in [0.2, 0.25) is 5.82 Å². The third-order valence-corrected chi connectivity index (χ3v) is 6.42. The molecule has 0 aliphatic heterocycles. The number of carbonyl (C=O) groups excluding carboxylic acids is 1. The van der Waals surface area contributed by atoms with Crippen LogP contribution in [-0.4, -0.2) is 22.5 Å². The fourth-order valence-corrected chi connectivity index (χ4v) is 5.74. The van der Waals surface area contributed by atoms with Crippen LogP contribution in [0.3, 0.4) is 0 Å². The number of hydrogen-bond donors (Lipinski definition) is 0. The van der Waals surface area contributed by atoms with Crippen molar-refractivity contribution in [2.75, 3.05) is 6.61 Å². The summed E-state index contributed by atoms with van der Waals surface area (Å²) in [7, 11) is 0. The first-order valence-electron chi connectivity index (χ1n) is 10.7. The highest BCUT2D eigenvalue weighted by Gasteiger charge is 2.45. The van der Waals surface area contributed by atoms with Crippen molar-refractivity contribution >= 4 is 5.97 Å². The normalized spacial score (nSPS) is 28.6. The van der Waals surface area contributed by atoms with Gasteiger partial charge in [0.25, 0.3) is 0 Å².